The minimum Gasteiger partial charge on any atom is -0.497 e. The van der Waals surface area contributed by atoms with Crippen LogP contribution in [0, 0.1) is 0 Å². The number of nitrogens with one attached hydrogen (secondary N) is 2. The lowest BCUT2D eigenvalue weighted by Crippen LogP contribution is -2.36. The lowest BCUT2D eigenvalue weighted by molar-refractivity contribution is -0.115. The topological polar surface area (TPSA) is 67.4 Å². The van der Waals surface area contributed by atoms with Gasteiger partial charge >= 0.3 is 0 Å². The van der Waals surface area contributed by atoms with Crippen molar-refractivity contribution >= 4 is 17.5 Å². The molecule has 1 saturated carbocycles. The summed E-state index contributed by atoms with van der Waals surface area (Å²) in [6.07, 6.45) is 5.85. The third kappa shape index (κ3) is 5.33. The Balaban J connectivity index is 1.63. The van der Waals surface area contributed by atoms with Gasteiger partial charge < -0.3 is 15.4 Å². The molecule has 2 N–H and O–H groups in total. The van der Waals surface area contributed by atoms with E-state index in [0.717, 1.165) is 37.0 Å². The average molecular weight is 366 g/mol. The summed E-state index contributed by atoms with van der Waals surface area (Å²) in [7, 11) is 1.61. The third-order valence-corrected chi connectivity index (χ3v) is 4.91. The van der Waals surface area contributed by atoms with Crippen LogP contribution in [0.3, 0.4) is 0 Å². The smallest absolute Gasteiger partial charge is 0.253 e. The van der Waals surface area contributed by atoms with Crippen LogP contribution in [0.4, 0.5) is 5.69 Å². The summed E-state index contributed by atoms with van der Waals surface area (Å²) < 4.78 is 5.13. The Bertz CT molecular complexity index is 780. The number of hydrogen-bond donors (Lipinski definition) is 2. The minimum atomic E-state index is -0.155. The van der Waals surface area contributed by atoms with Crippen molar-refractivity contribution < 1.29 is 14.3 Å². The highest BCUT2D eigenvalue weighted by molar-refractivity contribution is 6.04. The largest absolute Gasteiger partial charge is 0.497 e. The highest BCUT2D eigenvalue weighted by atomic mass is 16.5. The number of para-hydroxylation sites is 1. The molecule has 0 aliphatic heterocycles. The molecule has 0 aromatic heterocycles. The molecule has 2 aromatic carbocycles. The number of hydrogen-bond acceptors (Lipinski definition) is 3. The van der Waals surface area contributed by atoms with Gasteiger partial charge in [-0.05, 0) is 42.7 Å². The highest BCUT2D eigenvalue weighted by Gasteiger charge is 2.19. The zero-order valence-corrected chi connectivity index (χ0v) is 15.7. The Kier molecular flexibility index (Phi) is 6.47. The molecule has 1 fully saturated rings. The van der Waals surface area contributed by atoms with E-state index in [9.17, 15) is 9.59 Å². The summed E-state index contributed by atoms with van der Waals surface area (Å²) in [5.41, 5.74) is 1.94. The van der Waals surface area contributed by atoms with Gasteiger partial charge in [0.1, 0.15) is 5.75 Å². The number of benzene rings is 2. The molecule has 0 unspecified atom stereocenters. The van der Waals surface area contributed by atoms with Crippen LogP contribution >= 0.6 is 0 Å². The van der Waals surface area contributed by atoms with E-state index in [1.807, 2.05) is 36.4 Å². The van der Waals surface area contributed by atoms with Crippen molar-refractivity contribution in [3.8, 4) is 5.75 Å². The molecule has 0 heterocycles. The molecule has 5 heteroatoms. The summed E-state index contributed by atoms with van der Waals surface area (Å²) in [6, 6.07) is 14.8. The first-order valence-electron chi connectivity index (χ1n) is 9.48. The third-order valence-electron chi connectivity index (χ3n) is 4.91. The Morgan fingerprint density at radius 1 is 1.00 bits per heavy atom. The first-order valence-corrected chi connectivity index (χ1v) is 9.48. The predicted octanol–water partition coefficient (Wildman–Crippen LogP) is 3.94. The standard InChI is InChI=1S/C22H26N2O3/c1-27-18-13-11-16(12-14-18)15-21(25)24-20-10-6-5-9-19(20)22(26)23-17-7-3-2-4-8-17/h5-6,9-14,17H,2-4,7-8,15H2,1H3,(H,23,26)(H,24,25). The molecule has 0 atom stereocenters. The van der Waals surface area contributed by atoms with Crippen molar-refractivity contribution in [2.24, 2.45) is 0 Å². The molecule has 142 valence electrons. The summed E-state index contributed by atoms with van der Waals surface area (Å²) >= 11 is 0. The quantitative estimate of drug-likeness (QED) is 0.814. The number of amides is 2. The van der Waals surface area contributed by atoms with E-state index < -0.39 is 0 Å². The van der Waals surface area contributed by atoms with E-state index in [2.05, 4.69) is 10.6 Å². The van der Waals surface area contributed by atoms with Crippen molar-refractivity contribution in [2.45, 2.75) is 44.6 Å². The first kappa shape index (κ1) is 19.0. The molecule has 5 nitrogen and oxygen atoms in total. The number of ether oxygens (including phenoxy) is 1. The van der Waals surface area contributed by atoms with Crippen molar-refractivity contribution in [3.63, 3.8) is 0 Å². The second kappa shape index (κ2) is 9.21. The van der Waals surface area contributed by atoms with E-state index in [1.165, 1.54) is 6.42 Å². The molecule has 3 rings (SSSR count). The Hall–Kier alpha value is -2.82. The van der Waals surface area contributed by atoms with E-state index >= 15 is 0 Å². The summed E-state index contributed by atoms with van der Waals surface area (Å²) in [4.78, 5) is 25.1. The molecule has 0 saturated heterocycles. The molecule has 1 aliphatic carbocycles. The van der Waals surface area contributed by atoms with Crippen LogP contribution in [-0.4, -0.2) is 25.0 Å². The minimum absolute atomic E-state index is 0.123. The number of carbonyl (C=O) groups is 2. The first-order chi connectivity index (χ1) is 13.2. The van der Waals surface area contributed by atoms with Crippen molar-refractivity contribution in [1.82, 2.24) is 5.32 Å². The SMILES string of the molecule is COc1ccc(CC(=O)Nc2ccccc2C(=O)NC2CCCCC2)cc1. The van der Waals surface area contributed by atoms with Crippen LogP contribution < -0.4 is 15.4 Å². The van der Waals surface area contributed by atoms with Gasteiger partial charge in [-0.3, -0.25) is 9.59 Å². The normalized spacial score (nSPS) is 14.4. The average Bonchev–Trinajstić information content (AvgIpc) is 2.69. The highest BCUT2D eigenvalue weighted by Crippen LogP contribution is 2.20. The van der Waals surface area contributed by atoms with Gasteiger partial charge in [0.05, 0.1) is 24.8 Å². The number of anilines is 1. The maximum absolute atomic E-state index is 12.7. The Labute approximate surface area is 160 Å². The molecule has 27 heavy (non-hydrogen) atoms. The van der Waals surface area contributed by atoms with Gasteiger partial charge in [0, 0.05) is 6.04 Å². The van der Waals surface area contributed by atoms with Gasteiger partial charge in [-0.2, -0.15) is 0 Å². The number of methoxy groups -OCH3 is 1. The van der Waals surface area contributed by atoms with Crippen LogP contribution in [0.5, 0.6) is 5.75 Å². The van der Waals surface area contributed by atoms with Gasteiger partial charge in [0.25, 0.3) is 5.91 Å². The molecule has 2 aromatic rings. The molecule has 2 amide bonds. The van der Waals surface area contributed by atoms with Crippen molar-refractivity contribution in [2.75, 3.05) is 12.4 Å². The second-order valence-electron chi connectivity index (χ2n) is 6.93. The molecule has 0 spiro atoms. The summed E-state index contributed by atoms with van der Waals surface area (Å²) in [5, 5.41) is 5.98. The van der Waals surface area contributed by atoms with Gasteiger partial charge in [-0.1, -0.05) is 43.5 Å². The maximum Gasteiger partial charge on any atom is 0.253 e. The second-order valence-corrected chi connectivity index (χ2v) is 6.93. The van der Waals surface area contributed by atoms with Crippen LogP contribution in [0.2, 0.25) is 0 Å². The fourth-order valence-electron chi connectivity index (χ4n) is 3.42. The molecular weight excluding hydrogens is 340 g/mol. The zero-order valence-electron chi connectivity index (χ0n) is 15.7. The van der Waals surface area contributed by atoms with Crippen LogP contribution in [-0.2, 0) is 11.2 Å². The molecule has 1 aliphatic rings. The molecule has 0 radical (unpaired) electrons. The zero-order chi connectivity index (χ0) is 19.1. The fourth-order valence-corrected chi connectivity index (χ4v) is 3.42. The molecule has 0 bridgehead atoms. The van der Waals surface area contributed by atoms with Gasteiger partial charge in [-0.15, -0.1) is 0 Å². The summed E-state index contributed by atoms with van der Waals surface area (Å²) in [5.74, 6) is 0.476. The Morgan fingerprint density at radius 2 is 1.70 bits per heavy atom. The van der Waals surface area contributed by atoms with Gasteiger partial charge in [0.2, 0.25) is 5.91 Å². The van der Waals surface area contributed by atoms with Crippen LogP contribution in [0.1, 0.15) is 48.0 Å². The van der Waals surface area contributed by atoms with E-state index in [0.29, 0.717) is 11.3 Å². The maximum atomic E-state index is 12.7. The van der Waals surface area contributed by atoms with Crippen LogP contribution in [0.25, 0.3) is 0 Å². The fraction of sp³-hybridized carbons (Fsp3) is 0.364. The van der Waals surface area contributed by atoms with Crippen molar-refractivity contribution in [3.05, 3.63) is 59.7 Å². The van der Waals surface area contributed by atoms with Crippen LogP contribution in [0.15, 0.2) is 48.5 Å². The van der Waals surface area contributed by atoms with E-state index in [-0.39, 0.29) is 24.3 Å². The summed E-state index contributed by atoms with van der Waals surface area (Å²) in [6.45, 7) is 0. The van der Waals surface area contributed by atoms with Gasteiger partial charge in [0.15, 0.2) is 0 Å². The Morgan fingerprint density at radius 3 is 2.41 bits per heavy atom. The van der Waals surface area contributed by atoms with Crippen molar-refractivity contribution in [1.29, 1.82) is 0 Å². The molecular formula is C22H26N2O3. The predicted molar refractivity (Wildman–Crippen MR) is 106 cm³/mol. The van der Waals surface area contributed by atoms with E-state index in [1.54, 1.807) is 19.2 Å². The number of carbonyl (C=O) groups excluding carboxylic acids is 2. The lowest BCUT2D eigenvalue weighted by atomic mass is 9.95. The van der Waals surface area contributed by atoms with E-state index in [4.69, 9.17) is 4.74 Å². The lowest BCUT2D eigenvalue weighted by Gasteiger charge is -2.23. The number of rotatable bonds is 6. The van der Waals surface area contributed by atoms with Gasteiger partial charge in [-0.25, -0.2) is 0 Å². The monoisotopic (exact) mass is 366 g/mol.